The number of amides is 1. The lowest BCUT2D eigenvalue weighted by molar-refractivity contribution is -0.144. The number of halogens is 3. The van der Waals surface area contributed by atoms with Gasteiger partial charge in [0.2, 0.25) is 5.82 Å². The van der Waals surface area contributed by atoms with Crippen molar-refractivity contribution in [2.75, 3.05) is 5.32 Å². The Balaban J connectivity index is 1.58. The number of alkyl carbamates (subject to hydrolysis) is 1. The number of ether oxygens (including phenoxy) is 1. The Kier molecular flexibility index (Phi) is 5.71. The topological polar surface area (TPSA) is 105 Å². The number of nitrogens with zero attached hydrogens (tertiary/aromatic N) is 3. The third-order valence-electron chi connectivity index (χ3n) is 4.27. The van der Waals surface area contributed by atoms with E-state index in [0.29, 0.717) is 12.2 Å². The van der Waals surface area contributed by atoms with E-state index in [1.807, 2.05) is 13.8 Å². The lowest BCUT2D eigenvalue weighted by Gasteiger charge is -2.14. The molecule has 8 nitrogen and oxygen atoms in total. The van der Waals surface area contributed by atoms with E-state index in [1.165, 1.54) is 6.07 Å². The summed E-state index contributed by atoms with van der Waals surface area (Å²) in [5.74, 6) is -0.748. The van der Waals surface area contributed by atoms with E-state index in [2.05, 4.69) is 30.8 Å². The van der Waals surface area contributed by atoms with Crippen molar-refractivity contribution in [2.45, 2.75) is 57.3 Å². The molecule has 1 aliphatic carbocycles. The van der Waals surface area contributed by atoms with Crippen LogP contribution in [0.15, 0.2) is 18.3 Å². The first-order valence-electron chi connectivity index (χ1n) is 8.90. The van der Waals surface area contributed by atoms with E-state index in [-0.39, 0.29) is 23.9 Å². The summed E-state index contributed by atoms with van der Waals surface area (Å²) in [6, 6.07) is 3.05. The van der Waals surface area contributed by atoms with Crippen molar-refractivity contribution >= 4 is 17.7 Å². The zero-order valence-electron chi connectivity index (χ0n) is 15.4. The fourth-order valence-electron chi connectivity index (χ4n) is 3.06. The zero-order chi connectivity index (χ0) is 20.3. The van der Waals surface area contributed by atoms with Crippen molar-refractivity contribution in [3.63, 3.8) is 0 Å². The van der Waals surface area contributed by atoms with Crippen LogP contribution in [0, 0.1) is 0 Å². The normalized spacial score (nSPS) is 19.6. The van der Waals surface area contributed by atoms with Crippen LogP contribution < -0.4 is 10.6 Å². The second-order valence-corrected chi connectivity index (χ2v) is 6.93. The fraction of sp³-hybridized carbons (Fsp3) is 0.529. The summed E-state index contributed by atoms with van der Waals surface area (Å²) in [5, 5.41) is 12.4. The summed E-state index contributed by atoms with van der Waals surface area (Å²) in [6.07, 6.45) is -2.00. The molecule has 0 saturated heterocycles. The molecule has 1 amide bonds. The molecular formula is C17H21F3N6O2. The molecule has 152 valence electrons. The summed E-state index contributed by atoms with van der Waals surface area (Å²) >= 11 is 0. The molecule has 3 N–H and O–H groups in total. The van der Waals surface area contributed by atoms with Gasteiger partial charge in [0.05, 0.1) is 0 Å². The number of hydrogen-bond donors (Lipinski definition) is 3. The Bertz CT molecular complexity index is 823. The van der Waals surface area contributed by atoms with Gasteiger partial charge in [-0.3, -0.25) is 5.10 Å². The van der Waals surface area contributed by atoms with Crippen LogP contribution in [0.3, 0.4) is 0 Å². The lowest BCUT2D eigenvalue weighted by atomic mass is 10.0. The molecule has 0 bridgehead atoms. The van der Waals surface area contributed by atoms with Gasteiger partial charge in [0.15, 0.2) is 5.82 Å². The van der Waals surface area contributed by atoms with Crippen LogP contribution in [0.4, 0.5) is 29.6 Å². The maximum absolute atomic E-state index is 12.7. The second kappa shape index (κ2) is 8.03. The standard InChI is InChI=1S/C17H21F3N6O2/c1-9(2)22-16(27)28-11-4-3-10(7-11)12-8-14(26-25-12)23-13-5-6-21-15(24-13)17(18,19)20/h5-6,8-11H,3-4,7H2,1-2H3,(H,22,27)(H2,21,23,24,25,26)/t10-,11+/m0/s1. The van der Waals surface area contributed by atoms with E-state index in [4.69, 9.17) is 4.74 Å². The maximum Gasteiger partial charge on any atom is 0.451 e. The van der Waals surface area contributed by atoms with Gasteiger partial charge < -0.3 is 15.4 Å². The molecule has 1 aliphatic rings. The van der Waals surface area contributed by atoms with Crippen LogP contribution in [0.1, 0.15) is 50.5 Å². The first-order chi connectivity index (χ1) is 13.2. The van der Waals surface area contributed by atoms with Crippen LogP contribution in [0.25, 0.3) is 0 Å². The molecule has 2 aromatic rings. The molecule has 28 heavy (non-hydrogen) atoms. The Morgan fingerprint density at radius 2 is 2.11 bits per heavy atom. The van der Waals surface area contributed by atoms with Crippen molar-refractivity contribution in [2.24, 2.45) is 0 Å². The molecular weight excluding hydrogens is 377 g/mol. The van der Waals surface area contributed by atoms with Gasteiger partial charge in [-0.1, -0.05) is 0 Å². The molecule has 1 fully saturated rings. The number of alkyl halides is 3. The molecule has 0 radical (unpaired) electrons. The second-order valence-electron chi connectivity index (χ2n) is 6.93. The number of aromatic nitrogens is 4. The minimum atomic E-state index is -4.62. The summed E-state index contributed by atoms with van der Waals surface area (Å²) in [7, 11) is 0. The van der Waals surface area contributed by atoms with Crippen molar-refractivity contribution in [1.82, 2.24) is 25.5 Å². The number of hydrogen-bond acceptors (Lipinski definition) is 6. The smallest absolute Gasteiger partial charge is 0.446 e. The van der Waals surface area contributed by atoms with E-state index in [0.717, 1.165) is 24.7 Å². The van der Waals surface area contributed by atoms with Gasteiger partial charge in [-0.15, -0.1) is 0 Å². The quantitative estimate of drug-likeness (QED) is 0.709. The van der Waals surface area contributed by atoms with E-state index < -0.39 is 18.1 Å². The summed E-state index contributed by atoms with van der Waals surface area (Å²) in [5.41, 5.74) is 0.822. The highest BCUT2D eigenvalue weighted by Gasteiger charge is 2.35. The molecule has 11 heteroatoms. The number of rotatable bonds is 5. The van der Waals surface area contributed by atoms with E-state index in [9.17, 15) is 18.0 Å². The highest BCUT2D eigenvalue weighted by Crippen LogP contribution is 2.36. The fourth-order valence-corrected chi connectivity index (χ4v) is 3.06. The highest BCUT2D eigenvalue weighted by atomic mass is 19.4. The van der Waals surface area contributed by atoms with Crippen molar-refractivity contribution in [3.8, 4) is 0 Å². The highest BCUT2D eigenvalue weighted by molar-refractivity contribution is 5.67. The predicted molar refractivity (Wildman–Crippen MR) is 94.0 cm³/mol. The van der Waals surface area contributed by atoms with E-state index in [1.54, 1.807) is 6.07 Å². The van der Waals surface area contributed by atoms with Crippen LogP contribution >= 0.6 is 0 Å². The van der Waals surface area contributed by atoms with Gasteiger partial charge in [0.1, 0.15) is 11.9 Å². The molecule has 0 aromatic carbocycles. The van der Waals surface area contributed by atoms with Crippen LogP contribution in [0.2, 0.25) is 0 Å². The van der Waals surface area contributed by atoms with Crippen LogP contribution in [0.5, 0.6) is 0 Å². The number of carbonyl (C=O) groups is 1. The van der Waals surface area contributed by atoms with Gasteiger partial charge in [-0.05, 0) is 39.2 Å². The average molecular weight is 398 g/mol. The number of carbonyl (C=O) groups excluding carboxylic acids is 1. The molecule has 3 rings (SSSR count). The van der Waals surface area contributed by atoms with Gasteiger partial charge >= 0.3 is 12.3 Å². The average Bonchev–Trinajstić information content (AvgIpc) is 3.23. The Morgan fingerprint density at radius 3 is 2.82 bits per heavy atom. The Hall–Kier alpha value is -2.85. The maximum atomic E-state index is 12.7. The Labute approximate surface area is 159 Å². The first-order valence-corrected chi connectivity index (χ1v) is 8.90. The number of nitrogens with one attached hydrogen (secondary N) is 3. The van der Waals surface area contributed by atoms with Gasteiger partial charge in [-0.2, -0.15) is 18.3 Å². The zero-order valence-corrected chi connectivity index (χ0v) is 15.4. The van der Waals surface area contributed by atoms with Gasteiger partial charge in [0, 0.05) is 29.9 Å². The summed E-state index contributed by atoms with van der Waals surface area (Å²) < 4.78 is 43.5. The first kappa shape index (κ1) is 19.9. The summed E-state index contributed by atoms with van der Waals surface area (Å²) in [6.45, 7) is 3.71. The van der Waals surface area contributed by atoms with Crippen molar-refractivity contribution in [1.29, 1.82) is 0 Å². The van der Waals surface area contributed by atoms with E-state index >= 15 is 0 Å². The minimum absolute atomic E-state index is 0.00152. The molecule has 2 heterocycles. The molecule has 0 spiro atoms. The largest absolute Gasteiger partial charge is 0.451 e. The summed E-state index contributed by atoms with van der Waals surface area (Å²) in [4.78, 5) is 18.4. The minimum Gasteiger partial charge on any atom is -0.446 e. The monoisotopic (exact) mass is 398 g/mol. The van der Waals surface area contributed by atoms with Crippen LogP contribution in [-0.2, 0) is 10.9 Å². The van der Waals surface area contributed by atoms with Gasteiger partial charge in [0.25, 0.3) is 0 Å². The Morgan fingerprint density at radius 1 is 1.32 bits per heavy atom. The lowest BCUT2D eigenvalue weighted by Crippen LogP contribution is -2.33. The molecule has 0 aliphatic heterocycles. The third-order valence-corrected chi connectivity index (χ3v) is 4.27. The number of H-pyrrole nitrogens is 1. The number of anilines is 2. The van der Waals surface area contributed by atoms with Gasteiger partial charge in [-0.25, -0.2) is 14.8 Å². The molecule has 2 aromatic heterocycles. The molecule has 1 saturated carbocycles. The third kappa shape index (κ3) is 5.11. The molecule has 2 atom stereocenters. The predicted octanol–water partition coefficient (Wildman–Crippen LogP) is 3.73. The number of aromatic amines is 1. The SMILES string of the molecule is CC(C)NC(=O)O[C@@H]1CC[C@H](c2cc(Nc3ccnc(C(F)(F)F)n3)n[nH]2)C1. The van der Waals surface area contributed by atoms with Crippen molar-refractivity contribution < 1.29 is 22.7 Å². The molecule has 0 unspecified atom stereocenters. The van der Waals surface area contributed by atoms with Crippen molar-refractivity contribution in [3.05, 3.63) is 29.8 Å². The van der Waals surface area contributed by atoms with Crippen LogP contribution in [-0.4, -0.2) is 38.4 Å².